The van der Waals surface area contributed by atoms with Gasteiger partial charge < -0.3 is 19.3 Å². The summed E-state index contributed by atoms with van der Waals surface area (Å²) >= 11 is 0. The molecule has 0 aliphatic carbocycles. The van der Waals surface area contributed by atoms with Crippen LogP contribution in [0.4, 0.5) is 5.69 Å². The molecule has 2 aromatic rings. The second-order valence-corrected chi connectivity index (χ2v) is 7.06. The van der Waals surface area contributed by atoms with Crippen LogP contribution in [0.2, 0.25) is 0 Å². The van der Waals surface area contributed by atoms with Crippen molar-refractivity contribution in [3.05, 3.63) is 45.2 Å². The zero-order valence-corrected chi connectivity index (χ0v) is 17.9. The molecule has 3 rings (SSSR count). The maximum absolute atomic E-state index is 12.8. The summed E-state index contributed by atoms with van der Waals surface area (Å²) in [6, 6.07) is 7.13. The largest absolute Gasteiger partial charge is 0.497 e. The summed E-state index contributed by atoms with van der Waals surface area (Å²) in [7, 11) is 3.08. The Morgan fingerprint density at radius 2 is 2.00 bits per heavy atom. The Morgan fingerprint density at radius 3 is 2.65 bits per heavy atom. The van der Waals surface area contributed by atoms with E-state index in [2.05, 4.69) is 9.89 Å². The summed E-state index contributed by atoms with van der Waals surface area (Å²) in [6.07, 6.45) is 1.44. The van der Waals surface area contributed by atoms with Crippen molar-refractivity contribution in [1.82, 2.24) is 9.47 Å². The summed E-state index contributed by atoms with van der Waals surface area (Å²) in [5.41, 5.74) is 0.646. The third-order valence-electron chi connectivity index (χ3n) is 5.31. The summed E-state index contributed by atoms with van der Waals surface area (Å²) in [5.74, 6) is 0.901. The van der Waals surface area contributed by atoms with E-state index in [1.165, 1.54) is 17.9 Å². The van der Waals surface area contributed by atoms with E-state index in [4.69, 9.17) is 14.2 Å². The Hall–Kier alpha value is -3.35. The third-order valence-corrected chi connectivity index (χ3v) is 5.31. The lowest BCUT2D eigenvalue weighted by atomic mass is 10.1. The minimum atomic E-state index is -0.512. The van der Waals surface area contributed by atoms with Gasteiger partial charge in [0, 0.05) is 38.5 Å². The molecule has 0 unspecified atom stereocenters. The van der Waals surface area contributed by atoms with Crippen molar-refractivity contribution in [3.63, 3.8) is 0 Å². The van der Waals surface area contributed by atoms with Gasteiger partial charge in [0.05, 0.1) is 33.0 Å². The number of benzene rings is 1. The third kappa shape index (κ3) is 4.87. The van der Waals surface area contributed by atoms with E-state index in [0.717, 1.165) is 13.1 Å². The van der Waals surface area contributed by atoms with E-state index in [1.54, 1.807) is 32.2 Å². The monoisotopic (exact) mass is 426 g/mol. The molecule has 1 fully saturated rings. The molecule has 2 heterocycles. The van der Waals surface area contributed by atoms with Crippen molar-refractivity contribution in [3.8, 4) is 23.4 Å². The van der Waals surface area contributed by atoms with Gasteiger partial charge in [-0.05, 0) is 24.6 Å². The molecular weight excluding hydrogens is 400 g/mol. The fourth-order valence-electron chi connectivity index (χ4n) is 3.43. The minimum Gasteiger partial charge on any atom is -0.497 e. The van der Waals surface area contributed by atoms with Gasteiger partial charge in [-0.2, -0.15) is 5.26 Å². The first-order valence-electron chi connectivity index (χ1n) is 9.92. The van der Waals surface area contributed by atoms with Crippen molar-refractivity contribution < 1.29 is 19.3 Å². The number of nitrogens with zero attached hydrogens (tertiary/aromatic N) is 4. The molecular formula is C22H26N4O5. The Bertz CT molecular complexity index is 1070. The summed E-state index contributed by atoms with van der Waals surface area (Å²) in [4.78, 5) is 19.4. The Morgan fingerprint density at radius 1 is 1.26 bits per heavy atom. The predicted octanol–water partition coefficient (Wildman–Crippen LogP) is 1.83. The molecule has 1 N–H and O–H groups in total. The summed E-state index contributed by atoms with van der Waals surface area (Å²) < 4.78 is 17.1. The number of aromatic hydroxyl groups is 1. The smallest absolute Gasteiger partial charge is 0.271 e. The average molecular weight is 426 g/mol. The van der Waals surface area contributed by atoms with Crippen LogP contribution in [0.15, 0.2) is 28.0 Å². The van der Waals surface area contributed by atoms with Crippen LogP contribution in [0.25, 0.3) is 0 Å². The second-order valence-electron chi connectivity index (χ2n) is 7.06. The quantitative estimate of drug-likeness (QED) is 0.673. The number of hydrogen-bond acceptors (Lipinski definition) is 8. The van der Waals surface area contributed by atoms with Crippen molar-refractivity contribution in [2.24, 2.45) is 4.99 Å². The van der Waals surface area contributed by atoms with E-state index in [1.807, 2.05) is 6.07 Å². The molecule has 1 saturated heterocycles. The van der Waals surface area contributed by atoms with Crippen molar-refractivity contribution in [2.45, 2.75) is 13.5 Å². The van der Waals surface area contributed by atoms with Gasteiger partial charge in [0.25, 0.3) is 5.56 Å². The first-order chi connectivity index (χ1) is 15.0. The Balaban J connectivity index is 1.99. The van der Waals surface area contributed by atoms with Crippen LogP contribution < -0.4 is 15.0 Å². The molecule has 1 aromatic heterocycles. The minimum absolute atomic E-state index is 0.0150. The lowest BCUT2D eigenvalue weighted by molar-refractivity contribution is 0.0360. The van der Waals surface area contributed by atoms with Crippen LogP contribution in [0, 0.1) is 18.3 Å². The second kappa shape index (κ2) is 10.1. The Labute approximate surface area is 180 Å². The van der Waals surface area contributed by atoms with Gasteiger partial charge in [-0.1, -0.05) is 0 Å². The normalized spacial score (nSPS) is 14.5. The highest BCUT2D eigenvalue weighted by molar-refractivity contribution is 5.88. The predicted molar refractivity (Wildman–Crippen MR) is 116 cm³/mol. The molecule has 0 saturated carbocycles. The van der Waals surface area contributed by atoms with Gasteiger partial charge in [0.15, 0.2) is 0 Å². The van der Waals surface area contributed by atoms with Crippen molar-refractivity contribution >= 4 is 11.9 Å². The van der Waals surface area contributed by atoms with Crippen LogP contribution in [0.1, 0.15) is 16.7 Å². The van der Waals surface area contributed by atoms with Gasteiger partial charge in [-0.15, -0.1) is 0 Å². The fraction of sp³-hybridized carbons (Fsp3) is 0.409. The van der Waals surface area contributed by atoms with Crippen LogP contribution >= 0.6 is 0 Å². The molecule has 0 bridgehead atoms. The van der Waals surface area contributed by atoms with Gasteiger partial charge in [-0.3, -0.25) is 19.3 Å². The van der Waals surface area contributed by atoms with E-state index in [-0.39, 0.29) is 18.0 Å². The molecule has 1 aliphatic heterocycles. The standard InChI is InChI=1S/C22H26N4O5/c1-15-17(13-23)21(27)26(7-6-25-8-10-31-11-9-25)22(28)18(15)14-24-19-12-16(29-2)4-5-20(19)30-3/h4-5,12,14,28H,6-11H2,1-3H3. The number of hydrogen-bond donors (Lipinski definition) is 1. The molecule has 0 radical (unpaired) electrons. The first-order valence-corrected chi connectivity index (χ1v) is 9.92. The topological polar surface area (TPSA) is 109 Å². The van der Waals surface area contributed by atoms with E-state index in [9.17, 15) is 15.2 Å². The first kappa shape index (κ1) is 22.3. The number of aliphatic imine (C=N–C) groups is 1. The number of pyridine rings is 1. The molecule has 31 heavy (non-hydrogen) atoms. The van der Waals surface area contributed by atoms with Crippen LogP contribution in [0.5, 0.6) is 17.4 Å². The average Bonchev–Trinajstić information content (AvgIpc) is 2.79. The summed E-state index contributed by atoms with van der Waals surface area (Å²) in [6.45, 7) is 5.23. The van der Waals surface area contributed by atoms with Gasteiger partial charge in [0.1, 0.15) is 28.8 Å². The number of morpholine rings is 1. The zero-order valence-electron chi connectivity index (χ0n) is 17.9. The molecule has 0 atom stereocenters. The molecule has 0 amide bonds. The summed E-state index contributed by atoms with van der Waals surface area (Å²) in [5, 5.41) is 20.4. The molecule has 9 heteroatoms. The highest BCUT2D eigenvalue weighted by Gasteiger charge is 2.19. The lowest BCUT2D eigenvalue weighted by Crippen LogP contribution is -2.39. The number of nitriles is 1. The SMILES string of the molecule is COc1ccc(OC)c(N=Cc2c(C)c(C#N)c(=O)n(CCN3CCOCC3)c2O)c1. The maximum Gasteiger partial charge on any atom is 0.271 e. The number of aromatic nitrogens is 1. The highest BCUT2D eigenvalue weighted by Crippen LogP contribution is 2.32. The molecule has 164 valence electrons. The van der Waals surface area contributed by atoms with Gasteiger partial charge in [-0.25, -0.2) is 0 Å². The van der Waals surface area contributed by atoms with E-state index >= 15 is 0 Å². The van der Waals surface area contributed by atoms with Gasteiger partial charge in [0.2, 0.25) is 5.88 Å². The van der Waals surface area contributed by atoms with Crippen molar-refractivity contribution in [1.29, 1.82) is 5.26 Å². The number of ether oxygens (including phenoxy) is 3. The van der Waals surface area contributed by atoms with Crippen molar-refractivity contribution in [2.75, 3.05) is 47.1 Å². The Kier molecular flexibility index (Phi) is 7.28. The lowest BCUT2D eigenvalue weighted by Gasteiger charge is -2.27. The fourth-order valence-corrected chi connectivity index (χ4v) is 3.43. The highest BCUT2D eigenvalue weighted by atomic mass is 16.5. The number of methoxy groups -OCH3 is 2. The molecule has 1 aromatic carbocycles. The molecule has 0 spiro atoms. The zero-order chi connectivity index (χ0) is 22.4. The van der Waals surface area contributed by atoms with Crippen LogP contribution in [-0.4, -0.2) is 67.9 Å². The molecule has 1 aliphatic rings. The van der Waals surface area contributed by atoms with Gasteiger partial charge >= 0.3 is 0 Å². The van der Waals surface area contributed by atoms with Crippen LogP contribution in [0.3, 0.4) is 0 Å². The number of rotatable bonds is 7. The van der Waals surface area contributed by atoms with E-state index < -0.39 is 5.56 Å². The maximum atomic E-state index is 12.8. The van der Waals surface area contributed by atoms with E-state index in [0.29, 0.717) is 48.1 Å². The van der Waals surface area contributed by atoms with Crippen LogP contribution in [-0.2, 0) is 11.3 Å². The molecule has 9 nitrogen and oxygen atoms in total.